The highest BCUT2D eigenvalue weighted by molar-refractivity contribution is 5.93. The number of carbonyl (C=O) groups is 1. The molecule has 1 saturated carbocycles. The van der Waals surface area contributed by atoms with Crippen LogP contribution in [0, 0.1) is 5.92 Å². The highest BCUT2D eigenvalue weighted by Gasteiger charge is 2.26. The van der Waals surface area contributed by atoms with Gasteiger partial charge in [-0.2, -0.15) is 5.10 Å². The van der Waals surface area contributed by atoms with Crippen LogP contribution in [0.15, 0.2) is 36.8 Å². The zero-order valence-electron chi connectivity index (χ0n) is 17.5. The van der Waals surface area contributed by atoms with E-state index < -0.39 is 0 Å². The first-order valence-electron chi connectivity index (χ1n) is 10.4. The van der Waals surface area contributed by atoms with Crippen molar-refractivity contribution in [1.82, 2.24) is 25.1 Å². The van der Waals surface area contributed by atoms with Gasteiger partial charge in [-0.25, -0.2) is 9.97 Å². The molecule has 0 spiro atoms. The summed E-state index contributed by atoms with van der Waals surface area (Å²) in [6, 6.07) is 6.25. The SMILES string of the molecule is COCCN[C@H]1CC[C@H](C(=O)Nc2cc3nc(-c4cnn(C)c4)ccc3cn2)CC1. The molecule has 2 N–H and O–H groups in total. The second-order valence-corrected chi connectivity index (χ2v) is 7.85. The van der Waals surface area contributed by atoms with Crippen LogP contribution in [-0.4, -0.2) is 52.0 Å². The number of nitrogens with one attached hydrogen (secondary N) is 2. The number of hydrogen-bond donors (Lipinski definition) is 2. The van der Waals surface area contributed by atoms with Crippen LogP contribution in [-0.2, 0) is 16.6 Å². The predicted molar refractivity (Wildman–Crippen MR) is 116 cm³/mol. The minimum Gasteiger partial charge on any atom is -0.383 e. The third-order valence-electron chi connectivity index (χ3n) is 5.66. The maximum atomic E-state index is 12.7. The van der Waals surface area contributed by atoms with Crippen LogP contribution in [0.1, 0.15) is 25.7 Å². The molecule has 0 radical (unpaired) electrons. The van der Waals surface area contributed by atoms with E-state index in [-0.39, 0.29) is 11.8 Å². The largest absolute Gasteiger partial charge is 0.383 e. The molecule has 3 aromatic heterocycles. The molecular weight excluding hydrogens is 380 g/mol. The minimum atomic E-state index is 0.0256. The van der Waals surface area contributed by atoms with E-state index in [1.165, 1.54) is 0 Å². The Morgan fingerprint density at radius 3 is 2.80 bits per heavy atom. The topological polar surface area (TPSA) is 94.0 Å². The van der Waals surface area contributed by atoms with Gasteiger partial charge >= 0.3 is 0 Å². The Kier molecular flexibility index (Phi) is 6.35. The Morgan fingerprint density at radius 1 is 1.23 bits per heavy atom. The number of fused-ring (bicyclic) bond motifs is 1. The monoisotopic (exact) mass is 408 g/mol. The number of carbonyl (C=O) groups excluding carboxylic acids is 1. The molecule has 1 amide bonds. The molecule has 30 heavy (non-hydrogen) atoms. The van der Waals surface area contributed by atoms with E-state index in [9.17, 15) is 4.79 Å². The van der Waals surface area contributed by atoms with Crippen molar-refractivity contribution in [3.05, 3.63) is 36.8 Å². The van der Waals surface area contributed by atoms with Crippen LogP contribution in [0.4, 0.5) is 5.82 Å². The van der Waals surface area contributed by atoms with Crippen LogP contribution < -0.4 is 10.6 Å². The van der Waals surface area contributed by atoms with Gasteiger partial charge in [0.15, 0.2) is 0 Å². The standard InChI is InChI=1S/C22H28N6O2/c1-28-14-17(13-25-28)19-8-5-16-12-24-21(11-20(16)26-19)27-22(29)15-3-6-18(7-4-15)23-9-10-30-2/h5,8,11-15,18,23H,3-4,6-7,9-10H2,1-2H3,(H,24,27,29)/t15-,18-. The van der Waals surface area contributed by atoms with Gasteiger partial charge in [-0.3, -0.25) is 9.48 Å². The lowest BCUT2D eigenvalue weighted by Crippen LogP contribution is -2.37. The van der Waals surface area contributed by atoms with E-state index in [2.05, 4.69) is 20.7 Å². The van der Waals surface area contributed by atoms with E-state index >= 15 is 0 Å². The quantitative estimate of drug-likeness (QED) is 0.584. The summed E-state index contributed by atoms with van der Waals surface area (Å²) in [7, 11) is 3.59. The molecule has 3 heterocycles. The van der Waals surface area contributed by atoms with Crippen molar-refractivity contribution in [2.75, 3.05) is 25.6 Å². The first-order valence-corrected chi connectivity index (χ1v) is 10.4. The predicted octanol–water partition coefficient (Wildman–Crippen LogP) is 2.76. The number of ether oxygens (including phenoxy) is 1. The number of nitrogens with zero attached hydrogens (tertiary/aromatic N) is 4. The number of hydrogen-bond acceptors (Lipinski definition) is 6. The van der Waals surface area contributed by atoms with E-state index in [1.54, 1.807) is 24.2 Å². The Morgan fingerprint density at radius 2 is 2.07 bits per heavy atom. The van der Waals surface area contributed by atoms with E-state index in [4.69, 9.17) is 9.72 Å². The molecule has 8 nitrogen and oxygen atoms in total. The zero-order valence-corrected chi connectivity index (χ0v) is 17.5. The Bertz CT molecular complexity index is 1010. The zero-order chi connectivity index (χ0) is 20.9. The summed E-state index contributed by atoms with van der Waals surface area (Å²) in [5.41, 5.74) is 2.60. The van der Waals surface area contributed by atoms with E-state index in [0.717, 1.165) is 54.4 Å². The van der Waals surface area contributed by atoms with Crippen LogP contribution in [0.3, 0.4) is 0 Å². The van der Waals surface area contributed by atoms with Crippen LogP contribution >= 0.6 is 0 Å². The van der Waals surface area contributed by atoms with Crippen molar-refractivity contribution in [2.45, 2.75) is 31.7 Å². The molecule has 158 valence electrons. The van der Waals surface area contributed by atoms with Crippen molar-refractivity contribution in [3.63, 3.8) is 0 Å². The van der Waals surface area contributed by atoms with Crippen molar-refractivity contribution < 1.29 is 9.53 Å². The third-order valence-corrected chi connectivity index (χ3v) is 5.66. The van der Waals surface area contributed by atoms with Gasteiger partial charge in [0.05, 0.1) is 24.0 Å². The van der Waals surface area contributed by atoms with Gasteiger partial charge in [0.2, 0.25) is 5.91 Å². The molecule has 0 bridgehead atoms. The lowest BCUT2D eigenvalue weighted by molar-refractivity contribution is -0.120. The number of rotatable bonds is 7. The number of pyridine rings is 2. The first-order chi connectivity index (χ1) is 14.6. The molecule has 0 aromatic carbocycles. The average Bonchev–Trinajstić information content (AvgIpc) is 3.20. The van der Waals surface area contributed by atoms with Crippen molar-refractivity contribution in [1.29, 1.82) is 0 Å². The van der Waals surface area contributed by atoms with Gasteiger partial charge < -0.3 is 15.4 Å². The molecule has 0 atom stereocenters. The lowest BCUT2D eigenvalue weighted by Gasteiger charge is -2.28. The maximum absolute atomic E-state index is 12.7. The van der Waals surface area contributed by atoms with Gasteiger partial charge in [0.1, 0.15) is 5.82 Å². The van der Waals surface area contributed by atoms with Crippen LogP contribution in [0.5, 0.6) is 0 Å². The van der Waals surface area contributed by atoms with Crippen molar-refractivity contribution in [2.24, 2.45) is 13.0 Å². The van der Waals surface area contributed by atoms with Crippen molar-refractivity contribution >= 4 is 22.6 Å². The molecule has 0 aliphatic heterocycles. The summed E-state index contributed by atoms with van der Waals surface area (Å²) in [5.74, 6) is 0.613. The molecule has 0 saturated heterocycles. The fourth-order valence-corrected chi connectivity index (χ4v) is 3.95. The highest BCUT2D eigenvalue weighted by atomic mass is 16.5. The molecule has 1 aliphatic carbocycles. The smallest absolute Gasteiger partial charge is 0.228 e. The fraction of sp³-hybridized carbons (Fsp3) is 0.455. The molecule has 1 aliphatic rings. The summed E-state index contributed by atoms with van der Waals surface area (Å²) in [6.07, 6.45) is 9.24. The van der Waals surface area contributed by atoms with Gasteiger partial charge in [-0.05, 0) is 37.8 Å². The normalized spacial score (nSPS) is 19.1. The maximum Gasteiger partial charge on any atom is 0.228 e. The number of aryl methyl sites for hydroxylation is 1. The highest BCUT2D eigenvalue weighted by Crippen LogP contribution is 2.26. The Hall–Kier alpha value is -2.84. The summed E-state index contributed by atoms with van der Waals surface area (Å²) in [4.78, 5) is 21.9. The van der Waals surface area contributed by atoms with Crippen LogP contribution in [0.2, 0.25) is 0 Å². The molecule has 0 unspecified atom stereocenters. The summed E-state index contributed by atoms with van der Waals surface area (Å²) >= 11 is 0. The summed E-state index contributed by atoms with van der Waals surface area (Å²) < 4.78 is 6.83. The van der Waals surface area contributed by atoms with E-state index in [1.807, 2.05) is 31.4 Å². The van der Waals surface area contributed by atoms with Gasteiger partial charge in [-0.15, -0.1) is 0 Å². The third kappa shape index (κ3) is 4.83. The lowest BCUT2D eigenvalue weighted by atomic mass is 9.85. The van der Waals surface area contributed by atoms with Crippen molar-refractivity contribution in [3.8, 4) is 11.3 Å². The van der Waals surface area contributed by atoms with Gasteiger partial charge in [0, 0.05) is 62.1 Å². The number of methoxy groups -OCH3 is 1. The number of aromatic nitrogens is 4. The van der Waals surface area contributed by atoms with Gasteiger partial charge in [0.25, 0.3) is 0 Å². The number of amides is 1. The first kappa shape index (κ1) is 20.4. The summed E-state index contributed by atoms with van der Waals surface area (Å²) in [6.45, 7) is 1.57. The second kappa shape index (κ2) is 9.32. The Balaban J connectivity index is 1.39. The number of anilines is 1. The fourth-order valence-electron chi connectivity index (χ4n) is 3.95. The average molecular weight is 409 g/mol. The summed E-state index contributed by atoms with van der Waals surface area (Å²) in [5, 5.41) is 11.6. The minimum absolute atomic E-state index is 0.0256. The molecule has 4 rings (SSSR count). The van der Waals surface area contributed by atoms with Gasteiger partial charge in [-0.1, -0.05) is 0 Å². The molecule has 1 fully saturated rings. The van der Waals surface area contributed by atoms with Crippen LogP contribution in [0.25, 0.3) is 22.2 Å². The van der Waals surface area contributed by atoms with E-state index in [0.29, 0.717) is 18.5 Å². The Labute approximate surface area is 176 Å². The molecule has 8 heteroatoms. The molecule has 3 aromatic rings. The molecular formula is C22H28N6O2. The second-order valence-electron chi connectivity index (χ2n) is 7.85.